The van der Waals surface area contributed by atoms with Crippen LogP contribution in [-0.2, 0) is 28.3 Å². The van der Waals surface area contributed by atoms with Crippen LogP contribution in [0, 0.1) is 5.82 Å². The lowest BCUT2D eigenvalue weighted by molar-refractivity contribution is -0.139. The van der Waals surface area contributed by atoms with Crippen LogP contribution in [0.1, 0.15) is 23.6 Å². The summed E-state index contributed by atoms with van der Waals surface area (Å²) in [6, 6.07) is 22.8. The fourth-order valence-corrected chi connectivity index (χ4v) is 4.60. The topological polar surface area (TPSA) is 49.4 Å². The van der Waals surface area contributed by atoms with E-state index in [1.54, 1.807) is 35.2 Å². The molecule has 1 unspecified atom stereocenters. The molecule has 34 heavy (non-hydrogen) atoms. The number of rotatable bonds is 11. The molecular formula is C27H28ClFN2O2S. The van der Waals surface area contributed by atoms with Gasteiger partial charge in [0, 0.05) is 30.3 Å². The summed E-state index contributed by atoms with van der Waals surface area (Å²) >= 11 is 7.37. The minimum absolute atomic E-state index is 0.132. The Hall–Kier alpha value is -2.83. The quantitative estimate of drug-likeness (QED) is 0.380. The smallest absolute Gasteiger partial charge is 0.243 e. The molecule has 7 heteroatoms. The first-order chi connectivity index (χ1) is 16.5. The molecule has 4 nitrogen and oxygen atoms in total. The van der Waals surface area contributed by atoms with E-state index in [1.165, 1.54) is 17.8 Å². The molecular weight excluding hydrogens is 471 g/mol. The van der Waals surface area contributed by atoms with E-state index in [0.717, 1.165) is 11.1 Å². The maximum Gasteiger partial charge on any atom is 0.243 e. The molecule has 0 aromatic heterocycles. The molecule has 0 saturated heterocycles. The molecule has 0 bridgehead atoms. The van der Waals surface area contributed by atoms with Crippen molar-refractivity contribution in [1.29, 1.82) is 0 Å². The molecule has 3 aromatic carbocycles. The van der Waals surface area contributed by atoms with Crippen LogP contribution in [0.4, 0.5) is 4.39 Å². The van der Waals surface area contributed by atoms with Gasteiger partial charge in [-0.1, -0.05) is 72.3 Å². The normalized spacial score (nSPS) is 11.6. The number of carbonyl (C=O) groups excluding carboxylic acids is 2. The molecule has 0 radical (unpaired) electrons. The van der Waals surface area contributed by atoms with Crippen molar-refractivity contribution >= 4 is 35.2 Å². The van der Waals surface area contributed by atoms with Gasteiger partial charge in [-0.2, -0.15) is 0 Å². The molecule has 2 amide bonds. The van der Waals surface area contributed by atoms with Crippen LogP contribution in [0.3, 0.4) is 0 Å². The first kappa shape index (κ1) is 25.8. The molecule has 0 fully saturated rings. The lowest BCUT2D eigenvalue weighted by Gasteiger charge is -2.31. The molecule has 3 rings (SSSR count). The van der Waals surface area contributed by atoms with Crippen molar-refractivity contribution in [1.82, 2.24) is 10.2 Å². The first-order valence-electron chi connectivity index (χ1n) is 11.1. The average Bonchev–Trinajstić information content (AvgIpc) is 2.84. The Balaban J connectivity index is 1.82. The highest BCUT2D eigenvalue weighted by Crippen LogP contribution is 2.20. The summed E-state index contributed by atoms with van der Waals surface area (Å²) in [5.41, 5.74) is 2.39. The molecule has 1 atom stereocenters. The van der Waals surface area contributed by atoms with Crippen molar-refractivity contribution in [2.45, 2.75) is 31.7 Å². The zero-order valence-electron chi connectivity index (χ0n) is 19.0. The maximum atomic E-state index is 14.0. The number of hydrogen-bond acceptors (Lipinski definition) is 3. The highest BCUT2D eigenvalue weighted by atomic mass is 35.5. The fourth-order valence-electron chi connectivity index (χ4n) is 3.58. The standard InChI is InChI=1S/C27H28ClFN2O2S/c1-2-30-27(33)25(16-20-8-4-3-5-9-20)31(17-21-12-14-23(28)15-13-21)26(32)19-34-18-22-10-6-7-11-24(22)29/h3-15,25H,2,16-19H2,1H3,(H,30,33). The molecule has 178 valence electrons. The van der Waals surface area contributed by atoms with Crippen LogP contribution in [0.25, 0.3) is 0 Å². The summed E-state index contributed by atoms with van der Waals surface area (Å²) in [5.74, 6) is -0.161. The number of nitrogens with zero attached hydrogens (tertiary/aromatic N) is 1. The molecule has 3 aromatic rings. The van der Waals surface area contributed by atoms with Crippen molar-refractivity contribution in [2.75, 3.05) is 12.3 Å². The maximum absolute atomic E-state index is 14.0. The van der Waals surface area contributed by atoms with Gasteiger partial charge in [0.05, 0.1) is 5.75 Å². The summed E-state index contributed by atoms with van der Waals surface area (Å²) in [5, 5.41) is 3.48. The second-order valence-corrected chi connectivity index (χ2v) is 9.25. The third-order valence-corrected chi connectivity index (χ3v) is 6.55. The Bertz CT molecular complexity index is 1080. The highest BCUT2D eigenvalue weighted by molar-refractivity contribution is 7.99. The molecule has 0 spiro atoms. The molecule has 0 heterocycles. The van der Waals surface area contributed by atoms with Gasteiger partial charge in [0.15, 0.2) is 0 Å². The van der Waals surface area contributed by atoms with E-state index in [9.17, 15) is 14.0 Å². The molecule has 0 aliphatic heterocycles. The third-order valence-electron chi connectivity index (χ3n) is 5.33. The Morgan fingerprint density at radius 3 is 2.32 bits per heavy atom. The molecule has 0 aliphatic carbocycles. The predicted octanol–water partition coefficient (Wildman–Crippen LogP) is 5.49. The third kappa shape index (κ3) is 7.61. The summed E-state index contributed by atoms with van der Waals surface area (Å²) < 4.78 is 14.0. The van der Waals surface area contributed by atoms with Crippen molar-refractivity contribution < 1.29 is 14.0 Å². The Morgan fingerprint density at radius 1 is 0.971 bits per heavy atom. The van der Waals surface area contributed by atoms with Crippen molar-refractivity contribution in [3.8, 4) is 0 Å². The zero-order valence-corrected chi connectivity index (χ0v) is 20.6. The number of carbonyl (C=O) groups is 2. The van der Waals surface area contributed by atoms with Crippen molar-refractivity contribution in [2.24, 2.45) is 0 Å². The second-order valence-electron chi connectivity index (χ2n) is 7.83. The fraction of sp³-hybridized carbons (Fsp3) is 0.259. The van der Waals surface area contributed by atoms with Gasteiger partial charge in [0.2, 0.25) is 11.8 Å². The summed E-state index contributed by atoms with van der Waals surface area (Å²) in [7, 11) is 0. The monoisotopic (exact) mass is 498 g/mol. The van der Waals surface area contributed by atoms with Crippen LogP contribution < -0.4 is 5.32 Å². The van der Waals surface area contributed by atoms with E-state index < -0.39 is 6.04 Å². The van der Waals surface area contributed by atoms with Crippen LogP contribution >= 0.6 is 23.4 Å². The summed E-state index contributed by atoms with van der Waals surface area (Å²) in [6.45, 7) is 2.59. The zero-order chi connectivity index (χ0) is 24.3. The van der Waals surface area contributed by atoms with Gasteiger partial charge in [-0.15, -0.1) is 11.8 Å². The van der Waals surface area contributed by atoms with Gasteiger partial charge in [-0.05, 0) is 41.8 Å². The van der Waals surface area contributed by atoms with E-state index in [1.807, 2.05) is 49.4 Å². The van der Waals surface area contributed by atoms with Gasteiger partial charge in [-0.25, -0.2) is 4.39 Å². The van der Waals surface area contributed by atoms with Gasteiger partial charge < -0.3 is 10.2 Å². The second kappa shape index (κ2) is 13.2. The van der Waals surface area contributed by atoms with Crippen LogP contribution in [-0.4, -0.2) is 35.1 Å². The largest absolute Gasteiger partial charge is 0.355 e. The van der Waals surface area contributed by atoms with E-state index in [-0.39, 0.29) is 29.9 Å². The van der Waals surface area contributed by atoms with E-state index in [0.29, 0.717) is 29.3 Å². The Morgan fingerprint density at radius 2 is 1.65 bits per heavy atom. The minimum atomic E-state index is -0.681. The molecule has 0 aliphatic rings. The number of halogens is 2. The summed E-state index contributed by atoms with van der Waals surface area (Å²) in [4.78, 5) is 28.2. The van der Waals surface area contributed by atoms with E-state index in [4.69, 9.17) is 11.6 Å². The Labute approximate surface area is 209 Å². The lowest BCUT2D eigenvalue weighted by Crippen LogP contribution is -2.51. The SMILES string of the molecule is CCNC(=O)C(Cc1ccccc1)N(Cc1ccc(Cl)cc1)C(=O)CSCc1ccccc1F. The summed E-state index contributed by atoms with van der Waals surface area (Å²) in [6.07, 6.45) is 0.393. The number of benzene rings is 3. The number of amides is 2. The Kier molecular flexibility index (Phi) is 9.98. The van der Waals surface area contributed by atoms with Crippen molar-refractivity contribution in [3.63, 3.8) is 0 Å². The predicted molar refractivity (Wildman–Crippen MR) is 137 cm³/mol. The first-order valence-corrected chi connectivity index (χ1v) is 12.7. The molecule has 0 saturated carbocycles. The van der Waals surface area contributed by atoms with Gasteiger partial charge >= 0.3 is 0 Å². The van der Waals surface area contributed by atoms with Gasteiger partial charge in [0.1, 0.15) is 11.9 Å². The van der Waals surface area contributed by atoms with Gasteiger partial charge in [-0.3, -0.25) is 9.59 Å². The number of nitrogens with one attached hydrogen (secondary N) is 1. The molecule has 1 N–H and O–H groups in total. The van der Waals surface area contributed by atoms with Crippen molar-refractivity contribution in [3.05, 3.63) is 106 Å². The number of thioether (sulfide) groups is 1. The van der Waals surface area contributed by atoms with E-state index >= 15 is 0 Å². The number of likely N-dealkylation sites (N-methyl/N-ethyl adjacent to an activating group) is 1. The minimum Gasteiger partial charge on any atom is -0.355 e. The van der Waals surface area contributed by atoms with Crippen LogP contribution in [0.15, 0.2) is 78.9 Å². The lowest BCUT2D eigenvalue weighted by atomic mass is 10.0. The number of hydrogen-bond donors (Lipinski definition) is 1. The average molecular weight is 499 g/mol. The highest BCUT2D eigenvalue weighted by Gasteiger charge is 2.30. The van der Waals surface area contributed by atoms with E-state index in [2.05, 4.69) is 5.32 Å². The van der Waals surface area contributed by atoms with Crippen LogP contribution in [0.2, 0.25) is 5.02 Å². The van der Waals surface area contributed by atoms with Crippen LogP contribution in [0.5, 0.6) is 0 Å². The van der Waals surface area contributed by atoms with Gasteiger partial charge in [0.25, 0.3) is 0 Å².